The molecule has 0 aromatic carbocycles. The fraction of sp³-hybridized carbons (Fsp3) is 0.375. The Balaban J connectivity index is 0. The van der Waals surface area contributed by atoms with Crippen molar-refractivity contribution in [2.75, 3.05) is 0 Å². The van der Waals surface area contributed by atoms with Crippen molar-refractivity contribution in [3.05, 3.63) is 35.1 Å². The third-order valence-corrected chi connectivity index (χ3v) is 1.98. The molecule has 0 saturated heterocycles. The van der Waals surface area contributed by atoms with Gasteiger partial charge in [-0.3, -0.25) is 0 Å². The first-order chi connectivity index (χ1) is 8.28. The summed E-state index contributed by atoms with van der Waals surface area (Å²) in [6, 6.07) is 0. The molecule has 1 aromatic rings. The van der Waals surface area contributed by atoms with E-state index in [1.54, 1.807) is 12.2 Å². The summed E-state index contributed by atoms with van der Waals surface area (Å²) in [6.45, 7) is 19.4. The third-order valence-electron chi connectivity index (χ3n) is 1.98. The van der Waals surface area contributed by atoms with Gasteiger partial charge in [0.25, 0.3) is 0 Å². The quantitative estimate of drug-likeness (QED) is 0.747. The molecule has 0 saturated carbocycles. The molecule has 0 atom stereocenters. The molecule has 0 aliphatic rings. The highest BCUT2D eigenvalue weighted by Gasteiger charge is 2.03. The molecule has 1 heterocycles. The Labute approximate surface area is 106 Å². The van der Waals surface area contributed by atoms with E-state index in [0.29, 0.717) is 0 Å². The molecule has 1 heteroatoms. The molecule has 0 aliphatic heterocycles. The highest BCUT2D eigenvalue weighted by molar-refractivity contribution is 5.61. The monoisotopic (exact) mass is 234 g/mol. The minimum absolute atomic E-state index is 0.788. The van der Waals surface area contributed by atoms with Gasteiger partial charge in [-0.1, -0.05) is 53.0 Å². The van der Waals surface area contributed by atoms with Crippen molar-refractivity contribution in [2.24, 2.45) is 0 Å². The zero-order valence-corrected chi connectivity index (χ0v) is 12.1. The Bertz CT molecular complexity index is 433. The Morgan fingerprint density at radius 3 is 1.71 bits per heavy atom. The van der Waals surface area contributed by atoms with E-state index >= 15 is 0 Å². The Morgan fingerprint density at radius 2 is 1.41 bits per heavy atom. The van der Waals surface area contributed by atoms with Gasteiger partial charge in [0, 0.05) is 10.8 Å². The van der Waals surface area contributed by atoms with E-state index in [1.807, 2.05) is 53.7 Å². The van der Waals surface area contributed by atoms with Crippen LogP contribution in [-0.4, -0.2) is 0 Å². The lowest BCUT2D eigenvalue weighted by Crippen LogP contribution is -2.20. The van der Waals surface area contributed by atoms with Crippen LogP contribution in [0.5, 0.6) is 0 Å². The standard InChI is InChI=1S/C12H14O.2C2H6/c1-5-9-10(6-2)12(8-4)13-11(9)7-3;2*1-2/h5-8H,1,3H2,2,4H3;2*1-2H3/b10-6-,12-8+;;. The minimum atomic E-state index is 0.788. The van der Waals surface area contributed by atoms with Crippen LogP contribution < -0.4 is 10.6 Å². The van der Waals surface area contributed by atoms with Crippen LogP contribution in [0.4, 0.5) is 0 Å². The second-order valence-electron chi connectivity index (χ2n) is 2.64. The zero-order chi connectivity index (χ0) is 13.8. The molecule has 1 aromatic heterocycles. The minimum Gasteiger partial charge on any atom is -0.456 e. The van der Waals surface area contributed by atoms with Crippen molar-refractivity contribution in [3.8, 4) is 0 Å². The van der Waals surface area contributed by atoms with E-state index in [4.69, 9.17) is 4.42 Å². The molecular weight excluding hydrogens is 208 g/mol. The van der Waals surface area contributed by atoms with Crippen LogP contribution in [0.25, 0.3) is 24.3 Å². The van der Waals surface area contributed by atoms with Gasteiger partial charge < -0.3 is 4.42 Å². The predicted octanol–water partition coefficient (Wildman–Crippen LogP) is 4.22. The van der Waals surface area contributed by atoms with E-state index in [9.17, 15) is 0 Å². The molecule has 0 bridgehead atoms. The Hall–Kier alpha value is -1.50. The highest BCUT2D eigenvalue weighted by Crippen LogP contribution is 2.04. The van der Waals surface area contributed by atoms with E-state index in [0.717, 1.165) is 22.0 Å². The molecule has 0 N–H and O–H groups in total. The van der Waals surface area contributed by atoms with Gasteiger partial charge in [-0.25, -0.2) is 0 Å². The molecule has 0 spiro atoms. The first-order valence-corrected chi connectivity index (χ1v) is 6.28. The Kier molecular flexibility index (Phi) is 11.6. The average Bonchev–Trinajstić information content (AvgIpc) is 2.79. The largest absolute Gasteiger partial charge is 0.456 e. The molecule has 0 unspecified atom stereocenters. The van der Waals surface area contributed by atoms with Gasteiger partial charge in [0.2, 0.25) is 0 Å². The van der Waals surface area contributed by atoms with Crippen molar-refractivity contribution in [1.82, 2.24) is 0 Å². The average molecular weight is 234 g/mol. The summed E-state index contributed by atoms with van der Waals surface area (Å²) < 4.78 is 5.55. The smallest absolute Gasteiger partial charge is 0.134 e. The van der Waals surface area contributed by atoms with Gasteiger partial charge >= 0.3 is 0 Å². The highest BCUT2D eigenvalue weighted by atomic mass is 16.3. The van der Waals surface area contributed by atoms with Crippen LogP contribution in [0.1, 0.15) is 52.9 Å². The molecular formula is C16H26O. The maximum Gasteiger partial charge on any atom is 0.134 e. The molecule has 0 aliphatic carbocycles. The van der Waals surface area contributed by atoms with Crippen LogP contribution >= 0.6 is 0 Å². The lowest BCUT2D eigenvalue weighted by atomic mass is 10.2. The van der Waals surface area contributed by atoms with E-state index in [2.05, 4.69) is 13.2 Å². The number of hydrogen-bond donors (Lipinski definition) is 0. The van der Waals surface area contributed by atoms with Gasteiger partial charge in [-0.2, -0.15) is 0 Å². The van der Waals surface area contributed by atoms with Crippen LogP contribution in [0.3, 0.4) is 0 Å². The molecule has 17 heavy (non-hydrogen) atoms. The summed E-state index contributed by atoms with van der Waals surface area (Å²) in [5.74, 6) is 0.788. The lowest BCUT2D eigenvalue weighted by molar-refractivity contribution is 0.521. The molecule has 96 valence electrons. The lowest BCUT2D eigenvalue weighted by Gasteiger charge is -1.85. The van der Waals surface area contributed by atoms with Crippen molar-refractivity contribution in [3.63, 3.8) is 0 Å². The number of furan rings is 1. The van der Waals surface area contributed by atoms with Crippen LogP contribution in [0.2, 0.25) is 0 Å². The van der Waals surface area contributed by atoms with Crippen LogP contribution in [-0.2, 0) is 0 Å². The molecule has 0 radical (unpaired) electrons. The molecule has 0 amide bonds. The van der Waals surface area contributed by atoms with Gasteiger partial charge in [0.15, 0.2) is 0 Å². The van der Waals surface area contributed by atoms with Gasteiger partial charge in [0.05, 0.1) is 0 Å². The van der Waals surface area contributed by atoms with Crippen LogP contribution in [0, 0.1) is 0 Å². The molecule has 0 fully saturated rings. The summed E-state index contributed by atoms with van der Waals surface area (Å²) >= 11 is 0. The number of hydrogen-bond acceptors (Lipinski definition) is 1. The Morgan fingerprint density at radius 1 is 0.882 bits per heavy atom. The van der Waals surface area contributed by atoms with Gasteiger partial charge in [-0.15, -0.1) is 0 Å². The third kappa shape index (κ3) is 4.48. The van der Waals surface area contributed by atoms with Crippen molar-refractivity contribution < 1.29 is 4.42 Å². The molecule has 1 rings (SSSR count). The second kappa shape index (κ2) is 11.0. The van der Waals surface area contributed by atoms with Gasteiger partial charge in [-0.05, 0) is 26.0 Å². The fourth-order valence-corrected chi connectivity index (χ4v) is 1.37. The van der Waals surface area contributed by atoms with Crippen molar-refractivity contribution >= 4 is 24.3 Å². The van der Waals surface area contributed by atoms with E-state index in [-0.39, 0.29) is 0 Å². The van der Waals surface area contributed by atoms with Gasteiger partial charge in [0.1, 0.15) is 11.2 Å². The predicted molar refractivity (Wildman–Crippen MR) is 81.1 cm³/mol. The van der Waals surface area contributed by atoms with Crippen molar-refractivity contribution in [1.29, 1.82) is 0 Å². The zero-order valence-electron chi connectivity index (χ0n) is 12.1. The molecule has 1 nitrogen and oxygen atoms in total. The topological polar surface area (TPSA) is 13.1 Å². The summed E-state index contributed by atoms with van der Waals surface area (Å²) in [5.41, 5.74) is 1.90. The van der Waals surface area contributed by atoms with Crippen molar-refractivity contribution in [2.45, 2.75) is 41.5 Å². The normalized spacial score (nSPS) is 10.9. The summed E-state index contributed by atoms with van der Waals surface area (Å²) in [7, 11) is 0. The summed E-state index contributed by atoms with van der Waals surface area (Å²) in [5, 5.41) is 1.09. The maximum absolute atomic E-state index is 5.55. The first kappa shape index (κ1) is 17.9. The SMILES string of the molecule is C=Cc1oc(=C/C)/c(=C\C)c1C=C.CC.CC. The fourth-order valence-electron chi connectivity index (χ4n) is 1.37. The van der Waals surface area contributed by atoms with E-state index < -0.39 is 0 Å². The summed E-state index contributed by atoms with van der Waals surface area (Å²) in [6.07, 6.45) is 7.46. The first-order valence-electron chi connectivity index (χ1n) is 6.28. The maximum atomic E-state index is 5.55. The summed E-state index contributed by atoms with van der Waals surface area (Å²) in [4.78, 5) is 0. The van der Waals surface area contributed by atoms with E-state index in [1.165, 1.54) is 0 Å². The number of rotatable bonds is 2. The second-order valence-corrected chi connectivity index (χ2v) is 2.64. The van der Waals surface area contributed by atoms with Crippen LogP contribution in [0.15, 0.2) is 17.6 Å².